The highest BCUT2D eigenvalue weighted by molar-refractivity contribution is 7.13. The van der Waals surface area contributed by atoms with Crippen LogP contribution in [0.5, 0.6) is 0 Å². The van der Waals surface area contributed by atoms with E-state index in [1.165, 1.54) is 11.3 Å². The van der Waals surface area contributed by atoms with Gasteiger partial charge in [-0.3, -0.25) is 9.59 Å². The molecule has 2 aromatic heterocycles. The van der Waals surface area contributed by atoms with Crippen molar-refractivity contribution >= 4 is 34.0 Å². The van der Waals surface area contributed by atoms with Crippen LogP contribution in [0.1, 0.15) is 16.2 Å². The molecule has 2 heterocycles. The van der Waals surface area contributed by atoms with Gasteiger partial charge in [0.25, 0.3) is 11.0 Å². The van der Waals surface area contributed by atoms with Crippen LogP contribution in [-0.2, 0) is 11.8 Å². The molecular formula is C12H10ClNO2S. The maximum absolute atomic E-state index is 11.8. The summed E-state index contributed by atoms with van der Waals surface area (Å²) < 4.78 is 1.69. The van der Waals surface area contributed by atoms with Crippen LogP contribution in [0.25, 0.3) is 10.4 Å². The smallest absolute Gasteiger partial charge is 0.294 e. The molecule has 88 valence electrons. The minimum absolute atomic E-state index is 0.352. The van der Waals surface area contributed by atoms with Gasteiger partial charge in [0, 0.05) is 23.2 Å². The van der Waals surface area contributed by atoms with Crippen molar-refractivity contribution in [3.63, 3.8) is 0 Å². The van der Waals surface area contributed by atoms with Gasteiger partial charge >= 0.3 is 0 Å². The predicted octanol–water partition coefficient (Wildman–Crippen LogP) is 3.01. The lowest BCUT2D eigenvalue weighted by molar-refractivity contribution is -0.108. The minimum atomic E-state index is -0.955. The van der Waals surface area contributed by atoms with Crippen LogP contribution in [-0.4, -0.2) is 15.6 Å². The van der Waals surface area contributed by atoms with E-state index in [9.17, 15) is 9.59 Å². The second-order valence-electron chi connectivity index (χ2n) is 3.69. The van der Waals surface area contributed by atoms with Crippen molar-refractivity contribution in [1.82, 2.24) is 4.57 Å². The quantitative estimate of drug-likeness (QED) is 0.487. The van der Waals surface area contributed by atoms with Crippen LogP contribution in [0, 0.1) is 6.92 Å². The molecule has 2 rings (SSSR count). The standard InChI is InChI=1S/C12H10ClNO2S/c1-7-6-8(9-4-3-5-17-9)10(14(7)2)11(15)12(13)16/h3-6H,1-2H3. The Morgan fingerprint density at radius 1 is 1.41 bits per heavy atom. The van der Waals surface area contributed by atoms with Gasteiger partial charge in [-0.2, -0.15) is 0 Å². The molecule has 5 heteroatoms. The first-order valence-electron chi connectivity index (χ1n) is 4.96. The van der Waals surface area contributed by atoms with Gasteiger partial charge in [-0.05, 0) is 36.0 Å². The summed E-state index contributed by atoms with van der Waals surface area (Å²) >= 11 is 6.80. The monoisotopic (exact) mass is 267 g/mol. The molecule has 0 aliphatic rings. The molecule has 0 aliphatic heterocycles. The number of thiophene rings is 1. The van der Waals surface area contributed by atoms with E-state index in [4.69, 9.17) is 11.6 Å². The molecule has 0 aromatic carbocycles. The van der Waals surface area contributed by atoms with Crippen LogP contribution >= 0.6 is 22.9 Å². The maximum Gasteiger partial charge on any atom is 0.294 e. The number of aromatic nitrogens is 1. The van der Waals surface area contributed by atoms with Crippen LogP contribution in [0.2, 0.25) is 0 Å². The van der Waals surface area contributed by atoms with Crippen LogP contribution in [0.3, 0.4) is 0 Å². The number of hydrogen-bond donors (Lipinski definition) is 0. The highest BCUT2D eigenvalue weighted by Crippen LogP contribution is 2.31. The number of rotatable bonds is 3. The lowest BCUT2D eigenvalue weighted by Crippen LogP contribution is -2.13. The topological polar surface area (TPSA) is 39.1 Å². The summed E-state index contributed by atoms with van der Waals surface area (Å²) in [6.45, 7) is 1.88. The van der Waals surface area contributed by atoms with E-state index in [1.807, 2.05) is 30.5 Å². The number of carbonyl (C=O) groups is 2. The third-order valence-electron chi connectivity index (χ3n) is 2.65. The van der Waals surface area contributed by atoms with Gasteiger partial charge in [0.05, 0.1) is 0 Å². The van der Waals surface area contributed by atoms with E-state index >= 15 is 0 Å². The number of Topliss-reactive ketones (excluding diaryl/α,β-unsaturated/α-hetero) is 1. The Morgan fingerprint density at radius 3 is 2.65 bits per heavy atom. The number of halogens is 1. The Kier molecular flexibility index (Phi) is 3.17. The van der Waals surface area contributed by atoms with Gasteiger partial charge < -0.3 is 4.57 Å². The highest BCUT2D eigenvalue weighted by atomic mass is 35.5. The van der Waals surface area contributed by atoms with Crippen molar-refractivity contribution in [2.75, 3.05) is 0 Å². The fraction of sp³-hybridized carbons (Fsp3) is 0.167. The summed E-state index contributed by atoms with van der Waals surface area (Å²) in [6, 6.07) is 5.70. The Morgan fingerprint density at radius 2 is 2.12 bits per heavy atom. The summed E-state index contributed by atoms with van der Waals surface area (Å²) in [5.74, 6) is -0.661. The van der Waals surface area contributed by atoms with Gasteiger partial charge in [0.1, 0.15) is 5.69 Å². The maximum atomic E-state index is 11.8. The summed E-state index contributed by atoms with van der Waals surface area (Å²) in [5, 5.41) is 0.970. The second-order valence-corrected chi connectivity index (χ2v) is 4.98. The van der Waals surface area contributed by atoms with Crippen LogP contribution in [0.4, 0.5) is 0 Å². The average molecular weight is 268 g/mol. The number of ketones is 1. The largest absolute Gasteiger partial charge is 0.345 e. The van der Waals surface area contributed by atoms with Crippen molar-refractivity contribution in [1.29, 1.82) is 0 Å². The zero-order valence-electron chi connectivity index (χ0n) is 9.36. The Balaban J connectivity index is 2.65. The summed E-state index contributed by atoms with van der Waals surface area (Å²) in [4.78, 5) is 23.8. The molecule has 0 amide bonds. The first-order valence-corrected chi connectivity index (χ1v) is 6.22. The number of aryl methyl sites for hydroxylation is 1. The first kappa shape index (κ1) is 12.1. The Labute approximate surface area is 108 Å². The molecule has 0 bridgehead atoms. The van der Waals surface area contributed by atoms with E-state index in [-0.39, 0.29) is 0 Å². The van der Waals surface area contributed by atoms with Crippen molar-refractivity contribution in [3.8, 4) is 10.4 Å². The molecule has 17 heavy (non-hydrogen) atoms. The summed E-state index contributed by atoms with van der Waals surface area (Å²) in [6.07, 6.45) is 0. The van der Waals surface area contributed by atoms with E-state index in [2.05, 4.69) is 0 Å². The zero-order valence-corrected chi connectivity index (χ0v) is 10.9. The summed E-state index contributed by atoms with van der Waals surface area (Å²) in [7, 11) is 1.75. The number of hydrogen-bond acceptors (Lipinski definition) is 3. The SMILES string of the molecule is Cc1cc(-c2cccs2)c(C(=O)C(=O)Cl)n1C. The number of carbonyl (C=O) groups excluding carboxylic acids is 2. The fourth-order valence-corrected chi connectivity index (χ4v) is 2.55. The highest BCUT2D eigenvalue weighted by Gasteiger charge is 2.23. The molecular weight excluding hydrogens is 258 g/mol. The molecule has 0 radical (unpaired) electrons. The third-order valence-corrected chi connectivity index (χ3v) is 3.73. The lowest BCUT2D eigenvalue weighted by atomic mass is 10.1. The molecule has 0 saturated heterocycles. The van der Waals surface area contributed by atoms with Gasteiger partial charge in [-0.25, -0.2) is 0 Å². The van der Waals surface area contributed by atoms with E-state index in [0.29, 0.717) is 5.69 Å². The van der Waals surface area contributed by atoms with Crippen molar-refractivity contribution in [2.45, 2.75) is 6.92 Å². The molecule has 0 saturated carbocycles. The van der Waals surface area contributed by atoms with Crippen molar-refractivity contribution in [2.24, 2.45) is 7.05 Å². The van der Waals surface area contributed by atoms with Crippen LogP contribution < -0.4 is 0 Å². The fourth-order valence-electron chi connectivity index (χ4n) is 1.72. The molecule has 0 N–H and O–H groups in total. The van der Waals surface area contributed by atoms with Gasteiger partial charge in [-0.1, -0.05) is 6.07 Å². The first-order chi connectivity index (χ1) is 8.02. The molecule has 0 spiro atoms. The zero-order chi connectivity index (χ0) is 12.6. The number of nitrogens with zero attached hydrogens (tertiary/aromatic N) is 1. The lowest BCUT2D eigenvalue weighted by Gasteiger charge is -2.03. The molecule has 0 fully saturated rings. The normalized spacial score (nSPS) is 10.5. The van der Waals surface area contributed by atoms with E-state index < -0.39 is 11.0 Å². The Bertz CT molecular complexity index is 584. The molecule has 0 aliphatic carbocycles. The van der Waals surface area contributed by atoms with Crippen molar-refractivity contribution < 1.29 is 9.59 Å². The molecule has 0 atom stereocenters. The molecule has 0 unspecified atom stereocenters. The third kappa shape index (κ3) is 2.06. The van der Waals surface area contributed by atoms with Crippen molar-refractivity contribution in [3.05, 3.63) is 35.0 Å². The molecule has 3 nitrogen and oxygen atoms in total. The summed E-state index contributed by atoms with van der Waals surface area (Å²) in [5.41, 5.74) is 2.03. The van der Waals surface area contributed by atoms with Gasteiger partial charge in [-0.15, -0.1) is 11.3 Å². The predicted molar refractivity (Wildman–Crippen MR) is 68.7 cm³/mol. The average Bonchev–Trinajstić information content (AvgIpc) is 2.87. The van der Waals surface area contributed by atoms with Crippen LogP contribution in [0.15, 0.2) is 23.6 Å². The second kappa shape index (κ2) is 4.47. The van der Waals surface area contributed by atoms with E-state index in [0.717, 1.165) is 16.1 Å². The minimum Gasteiger partial charge on any atom is -0.345 e. The van der Waals surface area contributed by atoms with Gasteiger partial charge in [0.15, 0.2) is 0 Å². The Hall–Kier alpha value is -1.39. The van der Waals surface area contributed by atoms with E-state index in [1.54, 1.807) is 11.6 Å². The molecule has 2 aromatic rings. The van der Waals surface area contributed by atoms with Gasteiger partial charge in [0.2, 0.25) is 0 Å².